The first-order valence-electron chi connectivity index (χ1n) is 7.28. The Hall–Kier alpha value is -2.07. The maximum Gasteiger partial charge on any atom is 0.191 e. The number of nitrogens with zero attached hydrogens (tertiary/aromatic N) is 3. The van der Waals surface area contributed by atoms with Gasteiger partial charge in [0.2, 0.25) is 0 Å². The van der Waals surface area contributed by atoms with Crippen molar-refractivity contribution >= 4 is 11.8 Å². The summed E-state index contributed by atoms with van der Waals surface area (Å²) in [6.07, 6.45) is 0. The fraction of sp³-hybridized carbons (Fsp3) is 0.222. The molecule has 0 aliphatic carbocycles. The molecule has 0 amide bonds. The van der Waals surface area contributed by atoms with Crippen molar-refractivity contribution in [2.75, 3.05) is 0 Å². The highest BCUT2D eigenvalue weighted by molar-refractivity contribution is 7.98. The largest absolute Gasteiger partial charge is 0.305 e. The van der Waals surface area contributed by atoms with E-state index in [1.807, 2.05) is 7.05 Å². The molecule has 0 saturated heterocycles. The van der Waals surface area contributed by atoms with Crippen molar-refractivity contribution in [1.29, 1.82) is 0 Å². The molecule has 0 atom stereocenters. The molecule has 1 heterocycles. The number of hydrogen-bond acceptors (Lipinski definition) is 3. The SMILES string of the molecule is Cc1cccc(CSc2nnc(-c3cccc(C)c3)n2C)c1. The fourth-order valence-corrected chi connectivity index (χ4v) is 3.28. The van der Waals surface area contributed by atoms with Crippen LogP contribution in [0.3, 0.4) is 0 Å². The molecule has 0 radical (unpaired) electrons. The highest BCUT2D eigenvalue weighted by Gasteiger charge is 2.11. The van der Waals surface area contributed by atoms with Crippen LogP contribution in [0, 0.1) is 13.8 Å². The lowest BCUT2D eigenvalue weighted by Crippen LogP contribution is -1.95. The normalized spacial score (nSPS) is 10.9. The molecular formula is C18H19N3S. The van der Waals surface area contributed by atoms with Gasteiger partial charge in [-0.3, -0.25) is 0 Å². The third-order valence-electron chi connectivity index (χ3n) is 3.56. The van der Waals surface area contributed by atoms with Crippen molar-refractivity contribution in [3.8, 4) is 11.4 Å². The van der Waals surface area contributed by atoms with E-state index in [1.54, 1.807) is 11.8 Å². The smallest absolute Gasteiger partial charge is 0.191 e. The van der Waals surface area contributed by atoms with Gasteiger partial charge in [0.05, 0.1) is 0 Å². The zero-order valence-corrected chi connectivity index (χ0v) is 13.9. The molecular weight excluding hydrogens is 290 g/mol. The summed E-state index contributed by atoms with van der Waals surface area (Å²) in [5.41, 5.74) is 4.94. The maximum atomic E-state index is 4.35. The van der Waals surface area contributed by atoms with Crippen molar-refractivity contribution in [3.05, 3.63) is 65.2 Å². The predicted molar refractivity (Wildman–Crippen MR) is 91.9 cm³/mol. The molecule has 0 spiro atoms. The molecule has 0 N–H and O–H groups in total. The third-order valence-corrected chi connectivity index (χ3v) is 4.65. The molecule has 0 fully saturated rings. The van der Waals surface area contributed by atoms with Gasteiger partial charge in [0.1, 0.15) is 0 Å². The first-order valence-corrected chi connectivity index (χ1v) is 8.27. The predicted octanol–water partition coefficient (Wildman–Crippen LogP) is 4.39. The first kappa shape index (κ1) is 14.9. The molecule has 22 heavy (non-hydrogen) atoms. The number of aromatic nitrogens is 3. The zero-order valence-electron chi connectivity index (χ0n) is 13.1. The summed E-state index contributed by atoms with van der Waals surface area (Å²) < 4.78 is 2.06. The highest BCUT2D eigenvalue weighted by Crippen LogP contribution is 2.25. The quantitative estimate of drug-likeness (QED) is 0.670. The zero-order chi connectivity index (χ0) is 15.5. The van der Waals surface area contributed by atoms with Gasteiger partial charge in [-0.1, -0.05) is 65.4 Å². The molecule has 0 saturated carbocycles. The second kappa shape index (κ2) is 6.36. The van der Waals surface area contributed by atoms with E-state index in [0.29, 0.717) is 0 Å². The van der Waals surface area contributed by atoms with Crippen LogP contribution in [0.4, 0.5) is 0 Å². The second-order valence-electron chi connectivity index (χ2n) is 5.51. The van der Waals surface area contributed by atoms with Crippen LogP contribution < -0.4 is 0 Å². The second-order valence-corrected chi connectivity index (χ2v) is 6.45. The number of aryl methyl sites for hydroxylation is 2. The molecule has 3 rings (SSSR count). The lowest BCUT2D eigenvalue weighted by Gasteiger charge is -2.05. The van der Waals surface area contributed by atoms with E-state index in [9.17, 15) is 0 Å². The summed E-state index contributed by atoms with van der Waals surface area (Å²) in [5, 5.41) is 9.63. The van der Waals surface area contributed by atoms with E-state index in [1.165, 1.54) is 16.7 Å². The van der Waals surface area contributed by atoms with Gasteiger partial charge in [-0.25, -0.2) is 0 Å². The molecule has 2 aromatic carbocycles. The van der Waals surface area contributed by atoms with Crippen LogP contribution >= 0.6 is 11.8 Å². The van der Waals surface area contributed by atoms with Crippen molar-refractivity contribution < 1.29 is 0 Å². The Morgan fingerprint density at radius 1 is 0.955 bits per heavy atom. The van der Waals surface area contributed by atoms with Crippen LogP contribution in [0.15, 0.2) is 53.7 Å². The van der Waals surface area contributed by atoms with E-state index in [-0.39, 0.29) is 0 Å². The summed E-state index contributed by atoms with van der Waals surface area (Å²) in [7, 11) is 2.02. The average molecular weight is 309 g/mol. The van der Waals surface area contributed by atoms with Gasteiger partial charge in [0.15, 0.2) is 11.0 Å². The molecule has 0 bridgehead atoms. The molecule has 112 valence electrons. The van der Waals surface area contributed by atoms with Crippen molar-refractivity contribution in [2.24, 2.45) is 7.05 Å². The van der Waals surface area contributed by atoms with Gasteiger partial charge in [0, 0.05) is 18.4 Å². The van der Waals surface area contributed by atoms with E-state index >= 15 is 0 Å². The summed E-state index contributed by atoms with van der Waals surface area (Å²) in [6.45, 7) is 4.21. The minimum absolute atomic E-state index is 0.904. The average Bonchev–Trinajstić information content (AvgIpc) is 2.86. The maximum absolute atomic E-state index is 4.35. The molecule has 3 nitrogen and oxygen atoms in total. The number of hydrogen-bond donors (Lipinski definition) is 0. The highest BCUT2D eigenvalue weighted by atomic mass is 32.2. The van der Waals surface area contributed by atoms with E-state index in [4.69, 9.17) is 0 Å². The minimum Gasteiger partial charge on any atom is -0.305 e. The Balaban J connectivity index is 1.79. The Bertz CT molecular complexity index is 793. The Morgan fingerprint density at radius 3 is 2.41 bits per heavy atom. The van der Waals surface area contributed by atoms with Crippen molar-refractivity contribution in [1.82, 2.24) is 14.8 Å². The van der Waals surface area contributed by atoms with E-state index < -0.39 is 0 Å². The topological polar surface area (TPSA) is 30.7 Å². The Kier molecular flexibility index (Phi) is 4.29. The van der Waals surface area contributed by atoms with Crippen LogP contribution in [-0.2, 0) is 12.8 Å². The molecule has 0 unspecified atom stereocenters. The van der Waals surface area contributed by atoms with E-state index in [2.05, 4.69) is 77.1 Å². The van der Waals surface area contributed by atoms with Gasteiger partial charge < -0.3 is 4.57 Å². The summed E-state index contributed by atoms with van der Waals surface area (Å²) in [5.74, 6) is 1.82. The van der Waals surface area contributed by atoms with Gasteiger partial charge in [-0.05, 0) is 25.5 Å². The molecule has 0 aliphatic rings. The lowest BCUT2D eigenvalue weighted by molar-refractivity contribution is 0.793. The molecule has 3 aromatic rings. The summed E-state index contributed by atoms with van der Waals surface area (Å²) in [6, 6.07) is 16.9. The van der Waals surface area contributed by atoms with Gasteiger partial charge >= 0.3 is 0 Å². The molecule has 0 aliphatic heterocycles. The first-order chi connectivity index (χ1) is 10.6. The fourth-order valence-electron chi connectivity index (χ4n) is 2.43. The van der Waals surface area contributed by atoms with Crippen LogP contribution in [0.2, 0.25) is 0 Å². The van der Waals surface area contributed by atoms with Crippen LogP contribution in [0.1, 0.15) is 16.7 Å². The molecule has 1 aromatic heterocycles. The standard InChI is InChI=1S/C18H19N3S/c1-13-6-4-8-15(10-13)12-22-18-20-19-17(21(18)3)16-9-5-7-14(2)11-16/h4-11H,12H2,1-3H3. The van der Waals surface area contributed by atoms with Gasteiger partial charge in [-0.15, -0.1) is 10.2 Å². The monoisotopic (exact) mass is 309 g/mol. The summed E-state index contributed by atoms with van der Waals surface area (Å²) in [4.78, 5) is 0. The number of rotatable bonds is 4. The van der Waals surface area contributed by atoms with Gasteiger partial charge in [-0.2, -0.15) is 0 Å². The molecule has 4 heteroatoms. The van der Waals surface area contributed by atoms with Crippen molar-refractivity contribution in [2.45, 2.75) is 24.8 Å². The minimum atomic E-state index is 0.904. The van der Waals surface area contributed by atoms with Crippen LogP contribution in [0.25, 0.3) is 11.4 Å². The third kappa shape index (κ3) is 3.22. The van der Waals surface area contributed by atoms with Crippen LogP contribution in [-0.4, -0.2) is 14.8 Å². The van der Waals surface area contributed by atoms with Gasteiger partial charge in [0.25, 0.3) is 0 Å². The van der Waals surface area contributed by atoms with Crippen LogP contribution in [0.5, 0.6) is 0 Å². The summed E-state index contributed by atoms with van der Waals surface area (Å²) >= 11 is 1.72. The Morgan fingerprint density at radius 2 is 1.68 bits per heavy atom. The Labute approximate surface area is 135 Å². The number of benzene rings is 2. The number of thioether (sulfide) groups is 1. The lowest BCUT2D eigenvalue weighted by atomic mass is 10.1. The van der Waals surface area contributed by atoms with Crippen molar-refractivity contribution in [3.63, 3.8) is 0 Å². The van der Waals surface area contributed by atoms with E-state index in [0.717, 1.165) is 22.3 Å².